The number of ketones is 1. The lowest BCUT2D eigenvalue weighted by Crippen LogP contribution is -2.30. The van der Waals surface area contributed by atoms with Crippen molar-refractivity contribution in [1.29, 1.82) is 0 Å². The number of Topliss-reactive ketones (excluding diaryl/α,β-unsaturated/α-hetero) is 1. The Bertz CT molecular complexity index is 915. The lowest BCUT2D eigenvalue weighted by Gasteiger charge is -2.25. The maximum atomic E-state index is 12.9. The molecule has 2 aromatic rings. The minimum absolute atomic E-state index is 0.0986. The van der Waals surface area contributed by atoms with E-state index in [1.54, 1.807) is 55.5 Å². The minimum Gasteiger partial charge on any atom is -0.507 e. The van der Waals surface area contributed by atoms with Crippen molar-refractivity contribution < 1.29 is 24.2 Å². The van der Waals surface area contributed by atoms with Gasteiger partial charge in [-0.05, 0) is 48.4 Å². The number of rotatable bonds is 7. The maximum Gasteiger partial charge on any atom is 0.295 e. The SMILES string of the molecule is CCCCN1C(=O)C(=O)/C(=C(/O)c2ccc(OC)cc2)[C@H]1c1ccc(OC)cc1. The Morgan fingerprint density at radius 2 is 1.52 bits per heavy atom. The zero-order chi connectivity index (χ0) is 21.0. The van der Waals surface area contributed by atoms with E-state index in [0.29, 0.717) is 23.6 Å². The third kappa shape index (κ3) is 3.97. The van der Waals surface area contributed by atoms with E-state index >= 15 is 0 Å². The fourth-order valence-corrected chi connectivity index (χ4v) is 3.48. The van der Waals surface area contributed by atoms with E-state index in [-0.39, 0.29) is 11.3 Å². The topological polar surface area (TPSA) is 76.1 Å². The van der Waals surface area contributed by atoms with Crippen LogP contribution in [0.15, 0.2) is 54.1 Å². The predicted octanol–water partition coefficient (Wildman–Crippen LogP) is 3.93. The molecule has 0 aliphatic carbocycles. The normalized spacial score (nSPS) is 18.2. The van der Waals surface area contributed by atoms with E-state index in [1.807, 2.05) is 19.1 Å². The number of methoxy groups -OCH3 is 2. The van der Waals surface area contributed by atoms with Gasteiger partial charge < -0.3 is 19.5 Å². The molecule has 1 fully saturated rings. The highest BCUT2D eigenvalue weighted by Crippen LogP contribution is 2.40. The standard InChI is InChI=1S/C23H25NO5/c1-4-5-14-24-20(15-6-10-17(28-2)11-7-15)19(22(26)23(24)27)21(25)16-8-12-18(29-3)13-9-16/h6-13,20,25H,4-5,14H2,1-3H3/b21-19+/t20-/m1/s1. The van der Waals surface area contributed by atoms with E-state index in [4.69, 9.17) is 9.47 Å². The second-order valence-corrected chi connectivity index (χ2v) is 6.85. The van der Waals surface area contributed by atoms with Crippen molar-refractivity contribution in [2.45, 2.75) is 25.8 Å². The summed E-state index contributed by atoms with van der Waals surface area (Å²) in [5.74, 6) is -0.138. The molecule has 29 heavy (non-hydrogen) atoms. The van der Waals surface area contributed by atoms with Gasteiger partial charge in [0.2, 0.25) is 0 Å². The van der Waals surface area contributed by atoms with Crippen LogP contribution in [0.1, 0.15) is 36.9 Å². The van der Waals surface area contributed by atoms with Gasteiger partial charge in [0.25, 0.3) is 11.7 Å². The van der Waals surface area contributed by atoms with Crippen LogP contribution in [-0.2, 0) is 9.59 Å². The Kier molecular flexibility index (Phi) is 6.22. The van der Waals surface area contributed by atoms with Crippen LogP contribution in [0.4, 0.5) is 0 Å². The second kappa shape index (κ2) is 8.82. The summed E-state index contributed by atoms with van der Waals surface area (Å²) in [5.41, 5.74) is 1.30. The van der Waals surface area contributed by atoms with Crippen LogP contribution >= 0.6 is 0 Å². The average Bonchev–Trinajstić information content (AvgIpc) is 3.02. The summed E-state index contributed by atoms with van der Waals surface area (Å²) in [6.45, 7) is 2.47. The van der Waals surface area contributed by atoms with Crippen LogP contribution in [0.2, 0.25) is 0 Å². The number of aliphatic hydroxyl groups is 1. The molecule has 3 rings (SSSR count). The van der Waals surface area contributed by atoms with Crippen molar-refractivity contribution in [3.63, 3.8) is 0 Å². The smallest absolute Gasteiger partial charge is 0.295 e. The lowest BCUT2D eigenvalue weighted by molar-refractivity contribution is -0.139. The summed E-state index contributed by atoms with van der Waals surface area (Å²) >= 11 is 0. The molecule has 1 amide bonds. The Morgan fingerprint density at radius 3 is 2.03 bits per heavy atom. The van der Waals surface area contributed by atoms with Gasteiger partial charge in [-0.3, -0.25) is 9.59 Å². The van der Waals surface area contributed by atoms with E-state index in [2.05, 4.69) is 0 Å². The molecule has 1 heterocycles. The number of hydrogen-bond donors (Lipinski definition) is 1. The van der Waals surface area contributed by atoms with Gasteiger partial charge in [0.05, 0.1) is 25.8 Å². The number of nitrogens with zero attached hydrogens (tertiary/aromatic N) is 1. The van der Waals surface area contributed by atoms with Gasteiger partial charge >= 0.3 is 0 Å². The first-order valence-corrected chi connectivity index (χ1v) is 9.58. The minimum atomic E-state index is -0.671. The van der Waals surface area contributed by atoms with Crippen LogP contribution in [0.5, 0.6) is 11.5 Å². The van der Waals surface area contributed by atoms with Crippen LogP contribution in [-0.4, -0.2) is 42.5 Å². The molecule has 0 unspecified atom stereocenters. The van der Waals surface area contributed by atoms with Gasteiger partial charge in [0.15, 0.2) is 0 Å². The van der Waals surface area contributed by atoms with Crippen molar-refractivity contribution in [1.82, 2.24) is 4.90 Å². The average molecular weight is 395 g/mol. The molecule has 6 heteroatoms. The molecule has 6 nitrogen and oxygen atoms in total. The first-order valence-electron chi connectivity index (χ1n) is 9.58. The summed E-state index contributed by atoms with van der Waals surface area (Å²) in [5, 5.41) is 11.0. The van der Waals surface area contributed by atoms with Crippen LogP contribution in [0.25, 0.3) is 5.76 Å². The zero-order valence-corrected chi connectivity index (χ0v) is 16.8. The fourth-order valence-electron chi connectivity index (χ4n) is 3.48. The molecule has 0 saturated carbocycles. The van der Waals surface area contributed by atoms with E-state index in [9.17, 15) is 14.7 Å². The molecule has 2 aromatic carbocycles. The number of aliphatic hydroxyl groups excluding tert-OH is 1. The van der Waals surface area contributed by atoms with Crippen LogP contribution in [0, 0.1) is 0 Å². The predicted molar refractivity (Wildman–Crippen MR) is 110 cm³/mol. The first kappa shape index (κ1) is 20.5. The molecule has 1 N–H and O–H groups in total. The van der Waals surface area contributed by atoms with Crippen molar-refractivity contribution in [2.75, 3.05) is 20.8 Å². The van der Waals surface area contributed by atoms with Crippen LogP contribution in [0.3, 0.4) is 0 Å². The number of likely N-dealkylation sites (tertiary alicyclic amines) is 1. The monoisotopic (exact) mass is 395 g/mol. The number of ether oxygens (including phenoxy) is 2. The number of carbonyl (C=O) groups excluding carboxylic acids is 2. The third-order valence-electron chi connectivity index (χ3n) is 5.09. The van der Waals surface area contributed by atoms with Gasteiger partial charge in [0.1, 0.15) is 17.3 Å². The summed E-state index contributed by atoms with van der Waals surface area (Å²) in [4.78, 5) is 27.2. The number of benzene rings is 2. The van der Waals surface area contributed by atoms with Gasteiger partial charge in [-0.25, -0.2) is 0 Å². The van der Waals surface area contributed by atoms with Crippen molar-refractivity contribution in [3.8, 4) is 11.5 Å². The first-order chi connectivity index (χ1) is 14.0. The maximum absolute atomic E-state index is 12.9. The molecule has 1 atom stereocenters. The molecule has 0 spiro atoms. The van der Waals surface area contributed by atoms with Gasteiger partial charge in [-0.15, -0.1) is 0 Å². The second-order valence-electron chi connectivity index (χ2n) is 6.85. The Morgan fingerprint density at radius 1 is 0.966 bits per heavy atom. The molecule has 1 aliphatic rings. The van der Waals surface area contributed by atoms with E-state index < -0.39 is 17.7 Å². The number of carbonyl (C=O) groups is 2. The number of hydrogen-bond acceptors (Lipinski definition) is 5. The molecular formula is C23H25NO5. The summed E-state index contributed by atoms with van der Waals surface area (Å²) < 4.78 is 10.4. The van der Waals surface area contributed by atoms with Gasteiger partial charge in [0, 0.05) is 12.1 Å². The van der Waals surface area contributed by atoms with Gasteiger partial charge in [-0.2, -0.15) is 0 Å². The van der Waals surface area contributed by atoms with Crippen LogP contribution < -0.4 is 9.47 Å². The highest BCUT2D eigenvalue weighted by molar-refractivity contribution is 6.46. The summed E-state index contributed by atoms with van der Waals surface area (Å²) in [6, 6.07) is 13.3. The molecule has 152 valence electrons. The summed E-state index contributed by atoms with van der Waals surface area (Å²) in [7, 11) is 3.13. The molecule has 0 radical (unpaired) electrons. The Balaban J connectivity index is 2.11. The fraction of sp³-hybridized carbons (Fsp3) is 0.304. The lowest BCUT2D eigenvalue weighted by atomic mass is 9.95. The third-order valence-corrected chi connectivity index (χ3v) is 5.09. The number of amides is 1. The largest absolute Gasteiger partial charge is 0.507 e. The molecule has 1 saturated heterocycles. The van der Waals surface area contributed by atoms with E-state index in [1.165, 1.54) is 0 Å². The zero-order valence-electron chi connectivity index (χ0n) is 16.8. The number of unbranched alkanes of at least 4 members (excludes halogenated alkanes) is 1. The van der Waals surface area contributed by atoms with Crippen molar-refractivity contribution in [2.24, 2.45) is 0 Å². The molecular weight excluding hydrogens is 370 g/mol. The van der Waals surface area contributed by atoms with E-state index in [0.717, 1.165) is 18.4 Å². The quantitative estimate of drug-likeness (QED) is 0.437. The Labute approximate surface area is 170 Å². The van der Waals surface area contributed by atoms with Gasteiger partial charge in [-0.1, -0.05) is 25.5 Å². The van der Waals surface area contributed by atoms with Crippen molar-refractivity contribution >= 4 is 17.4 Å². The molecule has 1 aliphatic heterocycles. The summed E-state index contributed by atoms with van der Waals surface area (Å²) in [6.07, 6.45) is 1.65. The van der Waals surface area contributed by atoms with Crippen molar-refractivity contribution in [3.05, 3.63) is 65.2 Å². The highest BCUT2D eigenvalue weighted by atomic mass is 16.5. The Hall–Kier alpha value is -3.28. The molecule has 0 bridgehead atoms. The highest BCUT2D eigenvalue weighted by Gasteiger charge is 2.45. The molecule has 0 aromatic heterocycles.